The lowest BCUT2D eigenvalue weighted by molar-refractivity contribution is 0.118. The van der Waals surface area contributed by atoms with Crippen LogP contribution < -0.4 is 0 Å². The third-order valence-corrected chi connectivity index (χ3v) is 4.79. The Balaban J connectivity index is 2.05. The molecule has 0 heterocycles. The molecule has 1 aliphatic carbocycles. The standard InChI is InChI=1S/C17H23ClN2/c1-3-13-7-8-15(11-19)17(10-13)20(2)12-14-5-4-6-16(18)9-14/h4-6,9,13,15,17H,3,7-8,10,12H2,1-2H3. The lowest BCUT2D eigenvalue weighted by atomic mass is 9.77. The zero-order valence-corrected chi connectivity index (χ0v) is 13.1. The molecule has 0 spiro atoms. The number of hydrogen-bond acceptors (Lipinski definition) is 2. The molecule has 0 amide bonds. The molecule has 20 heavy (non-hydrogen) atoms. The normalized spacial score (nSPS) is 26.4. The maximum absolute atomic E-state index is 9.38. The predicted molar refractivity (Wildman–Crippen MR) is 83.4 cm³/mol. The van der Waals surface area contributed by atoms with E-state index < -0.39 is 0 Å². The summed E-state index contributed by atoms with van der Waals surface area (Å²) in [6.07, 6.45) is 4.61. The fraction of sp³-hybridized carbons (Fsp3) is 0.588. The van der Waals surface area contributed by atoms with Gasteiger partial charge < -0.3 is 0 Å². The molecule has 2 rings (SSSR count). The zero-order valence-electron chi connectivity index (χ0n) is 12.3. The summed E-state index contributed by atoms with van der Waals surface area (Å²) in [4.78, 5) is 2.33. The Morgan fingerprint density at radius 2 is 2.20 bits per heavy atom. The first kappa shape index (κ1) is 15.4. The van der Waals surface area contributed by atoms with Crippen LogP contribution in [0, 0.1) is 23.2 Å². The van der Waals surface area contributed by atoms with Gasteiger partial charge >= 0.3 is 0 Å². The molecule has 0 aliphatic heterocycles. The van der Waals surface area contributed by atoms with E-state index in [0.29, 0.717) is 6.04 Å². The summed E-state index contributed by atoms with van der Waals surface area (Å²) in [6, 6.07) is 10.9. The van der Waals surface area contributed by atoms with Gasteiger partial charge in [0.2, 0.25) is 0 Å². The van der Waals surface area contributed by atoms with Crippen molar-refractivity contribution in [3.63, 3.8) is 0 Å². The monoisotopic (exact) mass is 290 g/mol. The molecular weight excluding hydrogens is 268 g/mol. The Morgan fingerprint density at radius 3 is 2.85 bits per heavy atom. The Morgan fingerprint density at radius 1 is 1.40 bits per heavy atom. The van der Waals surface area contributed by atoms with Crippen molar-refractivity contribution in [3.8, 4) is 6.07 Å². The Bertz CT molecular complexity index is 480. The fourth-order valence-electron chi connectivity index (χ4n) is 3.28. The van der Waals surface area contributed by atoms with Crippen LogP contribution in [0.25, 0.3) is 0 Å². The van der Waals surface area contributed by atoms with Gasteiger partial charge in [-0.3, -0.25) is 4.90 Å². The lowest BCUT2D eigenvalue weighted by Crippen LogP contribution is -2.41. The van der Waals surface area contributed by atoms with Crippen molar-refractivity contribution < 1.29 is 0 Å². The van der Waals surface area contributed by atoms with E-state index in [1.165, 1.54) is 18.4 Å². The minimum Gasteiger partial charge on any atom is -0.298 e. The highest BCUT2D eigenvalue weighted by Gasteiger charge is 2.32. The minimum absolute atomic E-state index is 0.169. The summed E-state index contributed by atoms with van der Waals surface area (Å²) in [5, 5.41) is 10.2. The summed E-state index contributed by atoms with van der Waals surface area (Å²) in [6.45, 7) is 3.12. The van der Waals surface area contributed by atoms with Crippen LogP contribution in [-0.4, -0.2) is 18.0 Å². The van der Waals surface area contributed by atoms with Crippen molar-refractivity contribution in [3.05, 3.63) is 34.9 Å². The van der Waals surface area contributed by atoms with E-state index in [9.17, 15) is 5.26 Å². The first-order chi connectivity index (χ1) is 9.63. The quantitative estimate of drug-likeness (QED) is 0.817. The molecule has 3 unspecified atom stereocenters. The number of hydrogen-bond donors (Lipinski definition) is 0. The molecule has 1 aromatic rings. The van der Waals surface area contributed by atoms with Crippen LogP contribution >= 0.6 is 11.6 Å². The molecule has 1 fully saturated rings. The van der Waals surface area contributed by atoms with Crippen molar-refractivity contribution in [2.24, 2.45) is 11.8 Å². The molecule has 0 bridgehead atoms. The number of halogens is 1. The second kappa shape index (κ2) is 7.11. The SMILES string of the molecule is CCC1CCC(C#N)C(N(C)Cc2cccc(Cl)c2)C1. The van der Waals surface area contributed by atoms with Crippen molar-refractivity contribution in [1.29, 1.82) is 5.26 Å². The topological polar surface area (TPSA) is 27.0 Å². The summed E-state index contributed by atoms with van der Waals surface area (Å²) in [7, 11) is 2.13. The van der Waals surface area contributed by atoms with Gasteiger partial charge in [-0.05, 0) is 49.9 Å². The molecule has 1 saturated carbocycles. The van der Waals surface area contributed by atoms with E-state index in [1.54, 1.807) is 0 Å². The smallest absolute Gasteiger partial charge is 0.0672 e. The second-order valence-electron chi connectivity index (χ2n) is 5.94. The average molecular weight is 291 g/mol. The fourth-order valence-corrected chi connectivity index (χ4v) is 3.49. The molecular formula is C17H23ClN2. The van der Waals surface area contributed by atoms with Crippen LogP contribution in [0.3, 0.4) is 0 Å². The zero-order chi connectivity index (χ0) is 14.5. The van der Waals surface area contributed by atoms with Gasteiger partial charge in [-0.25, -0.2) is 0 Å². The minimum atomic E-state index is 0.169. The Hall–Kier alpha value is -1.04. The first-order valence-electron chi connectivity index (χ1n) is 7.48. The van der Waals surface area contributed by atoms with Gasteiger partial charge in [-0.1, -0.05) is 37.1 Å². The van der Waals surface area contributed by atoms with Crippen LogP contribution in [-0.2, 0) is 6.54 Å². The molecule has 0 aromatic heterocycles. The largest absolute Gasteiger partial charge is 0.298 e. The van der Waals surface area contributed by atoms with Gasteiger partial charge in [0.1, 0.15) is 0 Å². The lowest BCUT2D eigenvalue weighted by Gasteiger charge is -2.38. The molecule has 0 radical (unpaired) electrons. The van der Waals surface area contributed by atoms with E-state index in [2.05, 4.69) is 31.0 Å². The Labute approximate surface area is 127 Å². The van der Waals surface area contributed by atoms with Gasteiger partial charge in [0, 0.05) is 17.6 Å². The molecule has 1 aliphatic rings. The maximum Gasteiger partial charge on any atom is 0.0672 e. The van der Waals surface area contributed by atoms with Gasteiger partial charge in [0.15, 0.2) is 0 Å². The summed E-state index contributed by atoms with van der Waals surface area (Å²) >= 11 is 6.04. The number of benzene rings is 1. The third-order valence-electron chi connectivity index (χ3n) is 4.56. The van der Waals surface area contributed by atoms with Crippen molar-refractivity contribution in [2.45, 2.75) is 45.2 Å². The van der Waals surface area contributed by atoms with E-state index in [4.69, 9.17) is 11.6 Å². The van der Waals surface area contributed by atoms with E-state index >= 15 is 0 Å². The summed E-state index contributed by atoms with van der Waals surface area (Å²) in [5.74, 6) is 0.938. The highest BCUT2D eigenvalue weighted by atomic mass is 35.5. The van der Waals surface area contributed by atoms with Gasteiger partial charge in [0.25, 0.3) is 0 Å². The molecule has 108 valence electrons. The molecule has 0 saturated heterocycles. The van der Waals surface area contributed by atoms with Crippen LogP contribution in [0.5, 0.6) is 0 Å². The molecule has 3 heteroatoms. The molecule has 1 aromatic carbocycles. The van der Waals surface area contributed by atoms with Crippen LogP contribution in [0.2, 0.25) is 5.02 Å². The van der Waals surface area contributed by atoms with Crippen molar-refractivity contribution in [1.82, 2.24) is 4.90 Å². The number of nitriles is 1. The highest BCUT2D eigenvalue weighted by molar-refractivity contribution is 6.30. The predicted octanol–water partition coefficient (Wildman–Crippen LogP) is 4.49. The van der Waals surface area contributed by atoms with E-state index in [-0.39, 0.29) is 5.92 Å². The molecule has 0 N–H and O–H groups in total. The summed E-state index contributed by atoms with van der Waals surface area (Å²) < 4.78 is 0. The van der Waals surface area contributed by atoms with Crippen LogP contribution in [0.4, 0.5) is 0 Å². The van der Waals surface area contributed by atoms with Crippen molar-refractivity contribution in [2.75, 3.05) is 7.05 Å². The van der Waals surface area contributed by atoms with Gasteiger partial charge in [-0.15, -0.1) is 0 Å². The molecule has 2 nitrogen and oxygen atoms in total. The van der Waals surface area contributed by atoms with Gasteiger partial charge in [0.05, 0.1) is 12.0 Å². The number of nitrogens with zero attached hydrogens (tertiary/aromatic N) is 2. The van der Waals surface area contributed by atoms with Crippen molar-refractivity contribution >= 4 is 11.6 Å². The van der Waals surface area contributed by atoms with Crippen LogP contribution in [0.1, 0.15) is 38.2 Å². The Kier molecular flexibility index (Phi) is 5.46. The summed E-state index contributed by atoms with van der Waals surface area (Å²) in [5.41, 5.74) is 1.22. The van der Waals surface area contributed by atoms with E-state index in [1.807, 2.05) is 18.2 Å². The van der Waals surface area contributed by atoms with E-state index in [0.717, 1.165) is 30.3 Å². The maximum atomic E-state index is 9.38. The second-order valence-corrected chi connectivity index (χ2v) is 6.37. The molecule has 3 atom stereocenters. The van der Waals surface area contributed by atoms with Crippen LogP contribution in [0.15, 0.2) is 24.3 Å². The number of rotatable bonds is 4. The first-order valence-corrected chi connectivity index (χ1v) is 7.86. The average Bonchev–Trinajstić information content (AvgIpc) is 2.46. The highest BCUT2D eigenvalue weighted by Crippen LogP contribution is 2.33. The van der Waals surface area contributed by atoms with Gasteiger partial charge in [-0.2, -0.15) is 5.26 Å². The third kappa shape index (κ3) is 3.75.